The zero-order valence-corrected chi connectivity index (χ0v) is 10.8. The Kier molecular flexibility index (Phi) is 6.25. The van der Waals surface area contributed by atoms with Crippen LogP contribution >= 0.6 is 0 Å². The third kappa shape index (κ3) is 5.70. The molecule has 1 fully saturated rings. The van der Waals surface area contributed by atoms with Crippen molar-refractivity contribution < 1.29 is 23.8 Å². The predicted molar refractivity (Wildman–Crippen MR) is 64.8 cm³/mol. The Balaban J connectivity index is 2.06. The van der Waals surface area contributed by atoms with E-state index in [9.17, 15) is 9.59 Å². The summed E-state index contributed by atoms with van der Waals surface area (Å²) in [4.78, 5) is 22.2. The zero-order valence-electron chi connectivity index (χ0n) is 10.8. The predicted octanol–water partition coefficient (Wildman–Crippen LogP) is 2.80. The van der Waals surface area contributed by atoms with E-state index >= 15 is 0 Å². The van der Waals surface area contributed by atoms with Crippen LogP contribution in [-0.2, 0) is 19.0 Å². The van der Waals surface area contributed by atoms with Gasteiger partial charge in [-0.15, -0.1) is 0 Å². The highest BCUT2D eigenvalue weighted by Crippen LogP contribution is 2.23. The summed E-state index contributed by atoms with van der Waals surface area (Å²) in [6.07, 6.45) is 5.04. The molecule has 5 heteroatoms. The van der Waals surface area contributed by atoms with Gasteiger partial charge in [0.25, 0.3) is 0 Å². The van der Waals surface area contributed by atoms with Crippen molar-refractivity contribution >= 4 is 12.1 Å². The Morgan fingerprint density at radius 2 is 1.78 bits per heavy atom. The number of carbonyl (C=O) groups excluding carboxylic acids is 2. The largest absolute Gasteiger partial charge is 0.511 e. The van der Waals surface area contributed by atoms with Gasteiger partial charge in [0, 0.05) is 5.57 Å². The van der Waals surface area contributed by atoms with Crippen molar-refractivity contribution in [2.75, 3.05) is 13.4 Å². The summed E-state index contributed by atoms with van der Waals surface area (Å²) in [6.45, 7) is 4.87. The molecule has 102 valence electrons. The zero-order chi connectivity index (χ0) is 13.4. The standard InChI is InChI=1S/C13H20O5/c1-10(2)12(14)17-9-18-13(15)16-8-11-6-4-3-5-7-11/h11H,1,3-9H2,2H3. The Hall–Kier alpha value is -1.52. The number of hydrogen-bond donors (Lipinski definition) is 0. The molecule has 0 aromatic carbocycles. The summed E-state index contributed by atoms with van der Waals surface area (Å²) in [6, 6.07) is 0. The fourth-order valence-electron chi connectivity index (χ4n) is 1.84. The molecule has 0 spiro atoms. The molecule has 0 amide bonds. The van der Waals surface area contributed by atoms with Gasteiger partial charge in [0.1, 0.15) is 0 Å². The minimum Gasteiger partial charge on any atom is -0.434 e. The number of carbonyl (C=O) groups is 2. The molecule has 5 nitrogen and oxygen atoms in total. The number of rotatable bonds is 5. The fourth-order valence-corrected chi connectivity index (χ4v) is 1.84. The van der Waals surface area contributed by atoms with Gasteiger partial charge >= 0.3 is 12.1 Å². The lowest BCUT2D eigenvalue weighted by Gasteiger charge is -2.20. The van der Waals surface area contributed by atoms with Crippen LogP contribution in [0.2, 0.25) is 0 Å². The van der Waals surface area contributed by atoms with E-state index in [1.54, 1.807) is 0 Å². The lowest BCUT2D eigenvalue weighted by atomic mass is 9.90. The van der Waals surface area contributed by atoms with Crippen molar-refractivity contribution in [3.8, 4) is 0 Å². The van der Waals surface area contributed by atoms with Crippen molar-refractivity contribution in [3.05, 3.63) is 12.2 Å². The van der Waals surface area contributed by atoms with Gasteiger partial charge in [0.05, 0.1) is 6.61 Å². The molecule has 1 aliphatic carbocycles. The van der Waals surface area contributed by atoms with Gasteiger partial charge in [-0.1, -0.05) is 25.8 Å². The minimum absolute atomic E-state index is 0.258. The molecule has 1 rings (SSSR count). The number of hydrogen-bond acceptors (Lipinski definition) is 5. The van der Waals surface area contributed by atoms with Gasteiger partial charge in [-0.25, -0.2) is 9.59 Å². The maximum atomic E-state index is 11.2. The van der Waals surface area contributed by atoms with Crippen molar-refractivity contribution in [2.45, 2.75) is 39.0 Å². The van der Waals surface area contributed by atoms with Crippen LogP contribution in [0.1, 0.15) is 39.0 Å². The Bertz CT molecular complexity index is 305. The van der Waals surface area contributed by atoms with Crippen LogP contribution in [0.4, 0.5) is 4.79 Å². The van der Waals surface area contributed by atoms with Gasteiger partial charge in [-0.05, 0) is 25.7 Å². The molecule has 0 aromatic rings. The van der Waals surface area contributed by atoms with Crippen molar-refractivity contribution in [1.29, 1.82) is 0 Å². The lowest BCUT2D eigenvalue weighted by molar-refractivity contribution is -0.148. The first-order valence-electron chi connectivity index (χ1n) is 6.21. The molecule has 1 aliphatic rings. The quantitative estimate of drug-likeness (QED) is 0.430. The number of ether oxygens (including phenoxy) is 3. The summed E-state index contributed by atoms with van der Waals surface area (Å²) in [7, 11) is 0. The van der Waals surface area contributed by atoms with E-state index in [1.165, 1.54) is 26.2 Å². The second kappa shape index (κ2) is 7.74. The first kappa shape index (κ1) is 14.5. The van der Waals surface area contributed by atoms with Gasteiger partial charge in [-0.3, -0.25) is 0 Å². The molecule has 0 aromatic heterocycles. The molecule has 18 heavy (non-hydrogen) atoms. The van der Waals surface area contributed by atoms with Gasteiger partial charge < -0.3 is 14.2 Å². The van der Waals surface area contributed by atoms with E-state index < -0.39 is 18.9 Å². The molecule has 0 saturated heterocycles. The van der Waals surface area contributed by atoms with E-state index in [0.717, 1.165) is 12.8 Å². The maximum Gasteiger partial charge on any atom is 0.511 e. The van der Waals surface area contributed by atoms with Crippen LogP contribution in [0.25, 0.3) is 0 Å². The second-order valence-electron chi connectivity index (χ2n) is 4.54. The first-order valence-corrected chi connectivity index (χ1v) is 6.21. The van der Waals surface area contributed by atoms with E-state index in [2.05, 4.69) is 16.1 Å². The first-order chi connectivity index (χ1) is 8.59. The van der Waals surface area contributed by atoms with Gasteiger partial charge in [0.15, 0.2) is 0 Å². The second-order valence-corrected chi connectivity index (χ2v) is 4.54. The molecule has 0 unspecified atom stereocenters. The van der Waals surface area contributed by atoms with Crippen molar-refractivity contribution in [2.24, 2.45) is 5.92 Å². The average Bonchev–Trinajstić information content (AvgIpc) is 2.37. The Morgan fingerprint density at radius 1 is 1.11 bits per heavy atom. The molecule has 0 N–H and O–H groups in total. The summed E-state index contributed by atoms with van der Waals surface area (Å²) in [5, 5.41) is 0. The monoisotopic (exact) mass is 256 g/mol. The molecule has 0 radical (unpaired) electrons. The molecule has 0 atom stereocenters. The molecular weight excluding hydrogens is 236 g/mol. The summed E-state index contributed by atoms with van der Waals surface area (Å²) in [5.74, 6) is -0.153. The highest BCUT2D eigenvalue weighted by molar-refractivity contribution is 5.86. The Morgan fingerprint density at radius 3 is 2.39 bits per heavy atom. The molecular formula is C13H20O5. The third-order valence-electron chi connectivity index (χ3n) is 2.88. The average molecular weight is 256 g/mol. The smallest absolute Gasteiger partial charge is 0.434 e. The molecule has 0 heterocycles. The van der Waals surface area contributed by atoms with Crippen molar-refractivity contribution in [1.82, 2.24) is 0 Å². The highest BCUT2D eigenvalue weighted by Gasteiger charge is 2.16. The van der Waals surface area contributed by atoms with Gasteiger partial charge in [-0.2, -0.15) is 0 Å². The molecule has 0 aliphatic heterocycles. The summed E-state index contributed by atoms with van der Waals surface area (Å²) >= 11 is 0. The van der Waals surface area contributed by atoms with E-state index in [4.69, 9.17) is 4.74 Å². The summed E-state index contributed by atoms with van der Waals surface area (Å²) in [5.41, 5.74) is 0.258. The van der Waals surface area contributed by atoms with Gasteiger partial charge in [0.2, 0.25) is 6.79 Å². The SMILES string of the molecule is C=C(C)C(=O)OCOC(=O)OCC1CCCCC1. The van der Waals surface area contributed by atoms with E-state index in [0.29, 0.717) is 12.5 Å². The van der Waals surface area contributed by atoms with E-state index in [-0.39, 0.29) is 5.57 Å². The van der Waals surface area contributed by atoms with Crippen LogP contribution in [0.15, 0.2) is 12.2 Å². The highest BCUT2D eigenvalue weighted by atomic mass is 16.8. The normalized spacial score (nSPS) is 15.8. The van der Waals surface area contributed by atoms with Crippen LogP contribution in [0.5, 0.6) is 0 Å². The Labute approximate surface area is 107 Å². The van der Waals surface area contributed by atoms with Crippen molar-refractivity contribution in [3.63, 3.8) is 0 Å². The lowest BCUT2D eigenvalue weighted by Crippen LogP contribution is -2.19. The third-order valence-corrected chi connectivity index (χ3v) is 2.88. The fraction of sp³-hybridized carbons (Fsp3) is 0.692. The summed E-state index contributed by atoms with van der Waals surface area (Å²) < 4.78 is 14.2. The van der Waals surface area contributed by atoms with Crippen LogP contribution in [-0.4, -0.2) is 25.5 Å². The van der Waals surface area contributed by atoms with Crippen LogP contribution < -0.4 is 0 Å². The van der Waals surface area contributed by atoms with E-state index in [1.807, 2.05) is 0 Å². The maximum absolute atomic E-state index is 11.2. The topological polar surface area (TPSA) is 61.8 Å². The molecule has 1 saturated carbocycles. The minimum atomic E-state index is -0.796. The number of esters is 1. The molecule has 0 bridgehead atoms. The van der Waals surface area contributed by atoms with Crippen LogP contribution in [0.3, 0.4) is 0 Å². The van der Waals surface area contributed by atoms with Crippen LogP contribution in [0, 0.1) is 5.92 Å².